The van der Waals surface area contributed by atoms with E-state index in [4.69, 9.17) is 39.4 Å². The summed E-state index contributed by atoms with van der Waals surface area (Å²) in [6, 6.07) is 0. The normalized spacial score (nSPS) is 21.4. The third kappa shape index (κ3) is 3.77. The van der Waals surface area contributed by atoms with E-state index in [1.54, 1.807) is 10.9 Å². The van der Waals surface area contributed by atoms with Gasteiger partial charge in [-0.25, -0.2) is 15.0 Å². The first-order valence-corrected chi connectivity index (χ1v) is 9.23. The van der Waals surface area contributed by atoms with Crippen LogP contribution in [0.2, 0.25) is 5.28 Å². The van der Waals surface area contributed by atoms with Crippen molar-refractivity contribution in [3.63, 3.8) is 0 Å². The molecule has 0 saturated carbocycles. The summed E-state index contributed by atoms with van der Waals surface area (Å²) in [5, 5.41) is 18.8. The molecule has 152 valence electrons. The monoisotopic (exact) mass is 437 g/mol. The first kappa shape index (κ1) is 19.6. The number of nitrogen functional groups attached to an aromatic ring is 1. The van der Waals surface area contributed by atoms with Crippen molar-refractivity contribution in [3.05, 3.63) is 28.9 Å². The standard InChI is InChI=1S/C10H12ClN5O3.C5H4N4S/c11-10-14-8(12)7-9(15-10)16(3-13-7)6-1-4(18)5(2-17)19-6;10-5-3-4(7-1-6-3)8-2-9-5/h3-6,17-18H,1-2H2,(H2,12,14,15);1-2H,(H2,6,7,8,9,10)/t4-,5+,6+;/m0./s1. The van der Waals surface area contributed by atoms with Gasteiger partial charge in [0.1, 0.15) is 23.4 Å². The Morgan fingerprint density at radius 2 is 2.07 bits per heavy atom. The molecule has 1 aliphatic heterocycles. The predicted molar refractivity (Wildman–Crippen MR) is 105 cm³/mol. The number of rotatable bonds is 2. The molecule has 0 aromatic carbocycles. The van der Waals surface area contributed by atoms with E-state index >= 15 is 0 Å². The van der Waals surface area contributed by atoms with Crippen LogP contribution >= 0.6 is 23.8 Å². The van der Waals surface area contributed by atoms with E-state index in [9.17, 15) is 5.11 Å². The highest BCUT2D eigenvalue weighted by Gasteiger charge is 2.35. The molecule has 12 nitrogen and oxygen atoms in total. The van der Waals surface area contributed by atoms with Crippen molar-refractivity contribution in [3.8, 4) is 0 Å². The second-order valence-electron chi connectivity index (χ2n) is 6.15. The van der Waals surface area contributed by atoms with Gasteiger partial charge in [0.15, 0.2) is 21.8 Å². The number of nitrogens with zero attached hydrogens (tertiary/aromatic N) is 6. The molecule has 3 atom stereocenters. The average molecular weight is 438 g/mol. The van der Waals surface area contributed by atoms with Crippen LogP contribution in [0.3, 0.4) is 0 Å². The highest BCUT2D eigenvalue weighted by atomic mass is 35.5. The third-order valence-corrected chi connectivity index (χ3v) is 4.83. The van der Waals surface area contributed by atoms with E-state index in [1.165, 1.54) is 12.7 Å². The first-order valence-electron chi connectivity index (χ1n) is 8.44. The van der Waals surface area contributed by atoms with Gasteiger partial charge in [-0.3, -0.25) is 4.57 Å². The molecule has 4 aromatic rings. The third-order valence-electron chi connectivity index (χ3n) is 4.35. The number of imidazole rings is 2. The van der Waals surface area contributed by atoms with Crippen LogP contribution in [-0.2, 0) is 4.74 Å². The molecule has 14 heteroatoms. The van der Waals surface area contributed by atoms with Crippen LogP contribution in [0.15, 0.2) is 19.0 Å². The van der Waals surface area contributed by atoms with Gasteiger partial charge in [-0.05, 0) is 11.6 Å². The van der Waals surface area contributed by atoms with E-state index < -0.39 is 18.4 Å². The van der Waals surface area contributed by atoms with E-state index in [2.05, 4.69) is 34.9 Å². The van der Waals surface area contributed by atoms with Crippen LogP contribution in [0.5, 0.6) is 0 Å². The maximum absolute atomic E-state index is 9.74. The fourth-order valence-electron chi connectivity index (χ4n) is 2.96. The van der Waals surface area contributed by atoms with Crippen LogP contribution in [0.4, 0.5) is 5.82 Å². The van der Waals surface area contributed by atoms with Crippen molar-refractivity contribution in [1.82, 2.24) is 39.5 Å². The Morgan fingerprint density at radius 1 is 1.28 bits per heavy atom. The van der Waals surface area contributed by atoms with E-state index in [0.29, 0.717) is 22.2 Å². The van der Waals surface area contributed by atoms with Crippen LogP contribution in [0, 0.1) is 4.64 Å². The van der Waals surface area contributed by atoms with Gasteiger partial charge in [-0.2, -0.15) is 9.97 Å². The van der Waals surface area contributed by atoms with E-state index in [-0.39, 0.29) is 17.7 Å². The molecular weight excluding hydrogens is 422 g/mol. The van der Waals surface area contributed by atoms with Crippen molar-refractivity contribution >= 4 is 52.0 Å². The van der Waals surface area contributed by atoms with Gasteiger partial charge >= 0.3 is 0 Å². The summed E-state index contributed by atoms with van der Waals surface area (Å²) in [4.78, 5) is 25.6. The number of fused-ring (bicyclic) bond motifs is 2. The highest BCUT2D eigenvalue weighted by Crippen LogP contribution is 2.31. The van der Waals surface area contributed by atoms with Crippen molar-refractivity contribution in [1.29, 1.82) is 0 Å². The summed E-state index contributed by atoms with van der Waals surface area (Å²) in [5.74, 6) is 0.186. The lowest BCUT2D eigenvalue weighted by molar-refractivity contribution is -0.0432. The molecular formula is C15H16ClN9O3S. The van der Waals surface area contributed by atoms with Gasteiger partial charge < -0.3 is 30.7 Å². The number of nitrogens with two attached hydrogens (primary N) is 1. The minimum absolute atomic E-state index is 0.0176. The zero-order chi connectivity index (χ0) is 20.5. The number of hydrogen-bond donors (Lipinski definition) is 5. The van der Waals surface area contributed by atoms with Gasteiger partial charge in [0.05, 0.1) is 31.7 Å². The molecule has 0 spiro atoms. The fourth-order valence-corrected chi connectivity index (χ4v) is 3.33. The number of halogens is 1. The Balaban J connectivity index is 0.000000171. The largest absolute Gasteiger partial charge is 0.394 e. The molecule has 1 saturated heterocycles. The van der Waals surface area contributed by atoms with Crippen molar-refractivity contribution in [2.24, 2.45) is 0 Å². The number of aliphatic hydroxyl groups is 2. The number of hydrogen-bond acceptors (Lipinski definition) is 10. The quantitative estimate of drug-likeness (QED) is 0.221. The van der Waals surface area contributed by atoms with Crippen LogP contribution in [0.25, 0.3) is 22.3 Å². The molecule has 5 rings (SSSR count). The number of nitrogens with one attached hydrogen (secondary N) is 2. The molecule has 0 amide bonds. The summed E-state index contributed by atoms with van der Waals surface area (Å²) in [5.41, 5.74) is 8.11. The van der Waals surface area contributed by atoms with Crippen LogP contribution in [0.1, 0.15) is 12.6 Å². The minimum atomic E-state index is -0.734. The van der Waals surface area contributed by atoms with Crippen molar-refractivity contribution in [2.75, 3.05) is 12.3 Å². The number of aromatic amines is 2. The van der Waals surface area contributed by atoms with Crippen LogP contribution in [-0.4, -0.2) is 68.5 Å². The van der Waals surface area contributed by atoms with Crippen molar-refractivity contribution < 1.29 is 14.9 Å². The Hall–Kier alpha value is -2.71. The fraction of sp³-hybridized carbons (Fsp3) is 0.333. The molecule has 29 heavy (non-hydrogen) atoms. The summed E-state index contributed by atoms with van der Waals surface area (Å²) in [6.45, 7) is -0.248. The number of aromatic nitrogens is 8. The van der Waals surface area contributed by atoms with Gasteiger partial charge in [0, 0.05) is 6.42 Å². The smallest absolute Gasteiger partial charge is 0.226 e. The molecule has 1 fully saturated rings. The summed E-state index contributed by atoms with van der Waals surface area (Å²) >= 11 is 10.7. The van der Waals surface area contributed by atoms with Gasteiger partial charge in [0.25, 0.3) is 0 Å². The number of aliphatic hydroxyl groups excluding tert-OH is 2. The summed E-state index contributed by atoms with van der Waals surface area (Å²) in [7, 11) is 0. The Labute approximate surface area is 172 Å². The maximum Gasteiger partial charge on any atom is 0.226 e. The van der Waals surface area contributed by atoms with E-state index in [0.717, 1.165) is 11.2 Å². The maximum atomic E-state index is 9.74. The summed E-state index contributed by atoms with van der Waals surface area (Å²) in [6.07, 6.45) is 3.13. The second-order valence-corrected chi connectivity index (χ2v) is 6.88. The lowest BCUT2D eigenvalue weighted by atomic mass is 10.2. The predicted octanol–water partition coefficient (Wildman–Crippen LogP) is 0.718. The molecule has 6 N–H and O–H groups in total. The number of anilines is 1. The first-order chi connectivity index (χ1) is 14.0. The minimum Gasteiger partial charge on any atom is -0.394 e. The zero-order valence-corrected chi connectivity index (χ0v) is 16.3. The Bertz CT molecular complexity index is 1210. The molecule has 0 unspecified atom stereocenters. The number of ether oxygens (including phenoxy) is 1. The highest BCUT2D eigenvalue weighted by molar-refractivity contribution is 7.71. The van der Waals surface area contributed by atoms with Crippen LogP contribution < -0.4 is 5.73 Å². The molecule has 0 radical (unpaired) electrons. The zero-order valence-electron chi connectivity index (χ0n) is 14.7. The van der Waals surface area contributed by atoms with Gasteiger partial charge in [0.2, 0.25) is 5.28 Å². The lowest BCUT2D eigenvalue weighted by Gasteiger charge is -2.13. The van der Waals surface area contributed by atoms with Gasteiger partial charge in [-0.1, -0.05) is 12.2 Å². The van der Waals surface area contributed by atoms with E-state index in [1.807, 2.05) is 0 Å². The molecule has 0 bridgehead atoms. The molecule has 1 aliphatic rings. The average Bonchev–Trinajstić information content (AvgIpc) is 3.40. The van der Waals surface area contributed by atoms with Gasteiger partial charge in [-0.15, -0.1) is 0 Å². The lowest BCUT2D eigenvalue weighted by Crippen LogP contribution is -2.24. The topological polar surface area (TPSA) is 177 Å². The molecule has 4 aromatic heterocycles. The summed E-state index contributed by atoms with van der Waals surface area (Å²) < 4.78 is 7.70. The molecule has 0 aliphatic carbocycles. The SMILES string of the molecule is Nc1nc(Cl)nc2c1ncn2[C@H]1C[C@H](O)[C@@H](CO)O1.S=c1nc[nH]c2nc[nH]c12. The van der Waals surface area contributed by atoms with Crippen molar-refractivity contribution in [2.45, 2.75) is 24.9 Å². The Morgan fingerprint density at radius 3 is 2.79 bits per heavy atom. The second kappa shape index (κ2) is 7.96. The molecule has 5 heterocycles. The number of H-pyrrole nitrogens is 2. The Kier molecular flexibility index (Phi) is 5.38.